The van der Waals surface area contributed by atoms with Crippen LogP contribution in [0.15, 0.2) is 60.0 Å². The van der Waals surface area contributed by atoms with Crippen LogP contribution in [0.25, 0.3) is 6.08 Å². The highest BCUT2D eigenvalue weighted by Gasteiger charge is 2.06. The number of rotatable bonds is 9. The Kier molecular flexibility index (Phi) is 7.63. The lowest BCUT2D eigenvalue weighted by Crippen LogP contribution is -2.29. The zero-order chi connectivity index (χ0) is 21.3. The molecule has 0 N–H and O–H groups in total. The fourth-order valence-electron chi connectivity index (χ4n) is 2.76. The number of para-hydroxylation sites is 1. The molecule has 6 heteroatoms. The number of aryl methyl sites for hydroxylation is 2. The van der Waals surface area contributed by atoms with Gasteiger partial charge in [-0.2, -0.15) is 0 Å². The molecule has 0 radical (unpaired) electrons. The Morgan fingerprint density at radius 1 is 1.13 bits per heavy atom. The van der Waals surface area contributed by atoms with Crippen molar-refractivity contribution in [3.63, 3.8) is 0 Å². The number of nitrogens with zero attached hydrogens (tertiary/aromatic N) is 2. The van der Waals surface area contributed by atoms with Gasteiger partial charge in [0, 0.05) is 18.5 Å². The zero-order valence-corrected chi connectivity index (χ0v) is 18.3. The largest absolute Gasteiger partial charge is 0.491 e. The van der Waals surface area contributed by atoms with E-state index in [4.69, 9.17) is 9.47 Å². The van der Waals surface area contributed by atoms with Gasteiger partial charge < -0.3 is 14.4 Å². The fourth-order valence-corrected chi connectivity index (χ4v) is 3.35. The predicted molar refractivity (Wildman–Crippen MR) is 121 cm³/mol. The second-order valence-electron chi connectivity index (χ2n) is 6.93. The molecule has 0 fully saturated rings. The normalized spacial score (nSPS) is 10.9. The van der Waals surface area contributed by atoms with Gasteiger partial charge in [-0.25, -0.2) is 4.98 Å². The monoisotopic (exact) mass is 422 g/mol. The van der Waals surface area contributed by atoms with Gasteiger partial charge in [0.25, 0.3) is 0 Å². The van der Waals surface area contributed by atoms with Gasteiger partial charge in [-0.3, -0.25) is 4.79 Å². The molecule has 0 spiro atoms. The third-order valence-corrected chi connectivity index (χ3v) is 5.31. The lowest BCUT2D eigenvalue weighted by molar-refractivity contribution is -0.125. The Balaban J connectivity index is 1.48. The van der Waals surface area contributed by atoms with E-state index in [-0.39, 0.29) is 5.91 Å². The van der Waals surface area contributed by atoms with Crippen molar-refractivity contribution in [1.82, 2.24) is 9.88 Å². The first kappa shape index (κ1) is 21.6. The first-order valence-corrected chi connectivity index (χ1v) is 10.6. The van der Waals surface area contributed by atoms with Crippen LogP contribution in [-0.2, 0) is 11.4 Å². The van der Waals surface area contributed by atoms with Crippen molar-refractivity contribution in [3.05, 3.63) is 81.8 Å². The fraction of sp³-hybridized carbons (Fsp3) is 0.250. The molecule has 5 nitrogen and oxygen atoms in total. The number of carbonyl (C=O) groups excluding carboxylic acids is 1. The molecule has 2 aromatic carbocycles. The minimum absolute atomic E-state index is 0.0762. The van der Waals surface area contributed by atoms with E-state index in [1.807, 2.05) is 67.8 Å². The Labute approximate surface area is 181 Å². The molecule has 0 aliphatic carbocycles. The second-order valence-corrected chi connectivity index (χ2v) is 7.99. The van der Waals surface area contributed by atoms with Crippen molar-refractivity contribution in [2.24, 2.45) is 0 Å². The Hall–Kier alpha value is -3.12. The molecular weight excluding hydrogens is 396 g/mol. The molecule has 0 aliphatic rings. The van der Waals surface area contributed by atoms with Crippen molar-refractivity contribution >= 4 is 23.3 Å². The van der Waals surface area contributed by atoms with Crippen molar-refractivity contribution in [2.75, 3.05) is 20.2 Å². The molecule has 0 bridgehead atoms. The number of thiazole rings is 1. The summed E-state index contributed by atoms with van der Waals surface area (Å²) in [7, 11) is 1.77. The summed E-state index contributed by atoms with van der Waals surface area (Å²) < 4.78 is 11.6. The van der Waals surface area contributed by atoms with Crippen LogP contribution < -0.4 is 9.47 Å². The van der Waals surface area contributed by atoms with Gasteiger partial charge in [-0.05, 0) is 49.2 Å². The van der Waals surface area contributed by atoms with Gasteiger partial charge in [0.2, 0.25) is 5.91 Å². The van der Waals surface area contributed by atoms with E-state index in [0.717, 1.165) is 33.3 Å². The maximum Gasteiger partial charge on any atom is 0.246 e. The number of amides is 1. The first-order chi connectivity index (χ1) is 14.5. The first-order valence-electron chi connectivity index (χ1n) is 9.77. The minimum atomic E-state index is -0.0762. The third kappa shape index (κ3) is 6.46. The molecule has 3 aromatic rings. The van der Waals surface area contributed by atoms with Gasteiger partial charge in [-0.15, -0.1) is 11.3 Å². The minimum Gasteiger partial charge on any atom is -0.491 e. The molecule has 0 saturated heterocycles. The van der Waals surface area contributed by atoms with Gasteiger partial charge in [0.15, 0.2) is 0 Å². The van der Waals surface area contributed by atoms with Crippen LogP contribution in [0.5, 0.6) is 11.5 Å². The van der Waals surface area contributed by atoms with Crippen LogP contribution in [0, 0.1) is 13.8 Å². The van der Waals surface area contributed by atoms with Crippen molar-refractivity contribution in [2.45, 2.75) is 20.5 Å². The van der Waals surface area contributed by atoms with Crippen LogP contribution in [0.2, 0.25) is 0 Å². The Morgan fingerprint density at radius 2 is 1.97 bits per heavy atom. The van der Waals surface area contributed by atoms with Crippen LogP contribution in [0.4, 0.5) is 0 Å². The Bertz CT molecular complexity index is 1010. The average molecular weight is 423 g/mol. The number of carbonyl (C=O) groups is 1. The topological polar surface area (TPSA) is 51.7 Å². The summed E-state index contributed by atoms with van der Waals surface area (Å²) in [6.07, 6.45) is 3.36. The molecule has 30 heavy (non-hydrogen) atoms. The summed E-state index contributed by atoms with van der Waals surface area (Å²) in [4.78, 5) is 18.4. The van der Waals surface area contributed by atoms with Crippen molar-refractivity contribution in [1.29, 1.82) is 0 Å². The molecule has 0 atom stereocenters. The van der Waals surface area contributed by atoms with Gasteiger partial charge in [-0.1, -0.05) is 30.3 Å². The summed E-state index contributed by atoms with van der Waals surface area (Å²) in [5.74, 6) is 1.52. The second kappa shape index (κ2) is 10.6. The van der Waals surface area contributed by atoms with E-state index in [1.54, 1.807) is 35.4 Å². The molecule has 1 amide bonds. The Morgan fingerprint density at radius 3 is 2.73 bits per heavy atom. The number of aromatic nitrogens is 1. The highest BCUT2D eigenvalue weighted by atomic mass is 32.1. The molecular formula is C24H26N2O3S. The smallest absolute Gasteiger partial charge is 0.246 e. The predicted octanol–water partition coefficient (Wildman–Crippen LogP) is 4.89. The number of ether oxygens (including phenoxy) is 2. The zero-order valence-electron chi connectivity index (χ0n) is 17.5. The number of hydrogen-bond donors (Lipinski definition) is 0. The molecule has 0 saturated carbocycles. The molecule has 1 heterocycles. The molecule has 0 unspecified atom stereocenters. The number of likely N-dealkylation sites (N-methyl/N-ethyl adjacent to an activating group) is 1. The SMILES string of the molecule is Cc1nc(COc2cccc(/C=C/C(=O)N(C)CCOc3ccccc3C)c2)cs1. The lowest BCUT2D eigenvalue weighted by atomic mass is 10.2. The summed E-state index contributed by atoms with van der Waals surface area (Å²) in [5.41, 5.74) is 2.90. The van der Waals surface area contributed by atoms with E-state index in [2.05, 4.69) is 4.98 Å². The lowest BCUT2D eigenvalue weighted by Gasteiger charge is -2.16. The van der Waals surface area contributed by atoms with Crippen LogP contribution in [0.1, 0.15) is 21.8 Å². The molecule has 0 aliphatic heterocycles. The van der Waals surface area contributed by atoms with Gasteiger partial charge in [0.05, 0.1) is 17.2 Å². The van der Waals surface area contributed by atoms with E-state index >= 15 is 0 Å². The summed E-state index contributed by atoms with van der Waals surface area (Å²) >= 11 is 1.61. The van der Waals surface area contributed by atoms with E-state index in [1.165, 1.54) is 0 Å². The summed E-state index contributed by atoms with van der Waals surface area (Å²) in [6.45, 7) is 5.36. The highest BCUT2D eigenvalue weighted by molar-refractivity contribution is 7.09. The summed E-state index contributed by atoms with van der Waals surface area (Å²) in [6, 6.07) is 15.5. The quantitative estimate of drug-likeness (QED) is 0.461. The van der Waals surface area contributed by atoms with Gasteiger partial charge >= 0.3 is 0 Å². The van der Waals surface area contributed by atoms with Crippen LogP contribution >= 0.6 is 11.3 Å². The molecule has 1 aromatic heterocycles. The molecule has 3 rings (SSSR count). The van der Waals surface area contributed by atoms with Crippen LogP contribution in [0.3, 0.4) is 0 Å². The standard InChI is InChI=1S/C24H26N2O3S/c1-18-7-4-5-10-23(18)28-14-13-26(3)24(27)12-11-20-8-6-9-22(15-20)29-16-21-17-30-19(2)25-21/h4-12,15,17H,13-14,16H2,1-3H3/b12-11+. The van der Waals surface area contributed by atoms with Crippen LogP contribution in [-0.4, -0.2) is 36.0 Å². The third-order valence-electron chi connectivity index (χ3n) is 4.48. The van der Waals surface area contributed by atoms with Gasteiger partial charge in [0.1, 0.15) is 24.7 Å². The van der Waals surface area contributed by atoms with E-state index in [9.17, 15) is 4.79 Å². The highest BCUT2D eigenvalue weighted by Crippen LogP contribution is 2.18. The summed E-state index contributed by atoms with van der Waals surface area (Å²) in [5, 5.41) is 3.02. The van der Waals surface area contributed by atoms with E-state index in [0.29, 0.717) is 19.8 Å². The van der Waals surface area contributed by atoms with E-state index < -0.39 is 0 Å². The van der Waals surface area contributed by atoms with Crippen molar-refractivity contribution in [3.8, 4) is 11.5 Å². The van der Waals surface area contributed by atoms with Crippen molar-refractivity contribution < 1.29 is 14.3 Å². The average Bonchev–Trinajstić information content (AvgIpc) is 3.17. The maximum atomic E-state index is 12.4. The molecule has 156 valence electrons. The maximum absolute atomic E-state index is 12.4. The number of hydrogen-bond acceptors (Lipinski definition) is 5. The number of benzene rings is 2.